The lowest BCUT2D eigenvalue weighted by atomic mass is 10.1. The highest BCUT2D eigenvalue weighted by Gasteiger charge is 2.23. The molecule has 0 spiro atoms. The van der Waals surface area contributed by atoms with Gasteiger partial charge in [-0.25, -0.2) is 9.97 Å². The molecule has 1 aliphatic rings. The Morgan fingerprint density at radius 1 is 1.15 bits per heavy atom. The molecule has 0 fully saturated rings. The summed E-state index contributed by atoms with van der Waals surface area (Å²) < 4.78 is 1.80. The second-order valence-corrected chi connectivity index (χ2v) is 8.45. The van der Waals surface area contributed by atoms with E-state index in [-0.39, 0.29) is 0 Å². The number of nitrogens with zero attached hydrogens (tertiary/aromatic N) is 6. The van der Waals surface area contributed by atoms with Gasteiger partial charge in [0.2, 0.25) is 5.16 Å². The van der Waals surface area contributed by atoms with Gasteiger partial charge in [0.05, 0.1) is 5.69 Å². The molecule has 5 rings (SSSR count). The first-order chi connectivity index (χ1) is 12.7. The van der Waals surface area contributed by atoms with Gasteiger partial charge in [-0.1, -0.05) is 12.1 Å². The van der Waals surface area contributed by atoms with E-state index in [2.05, 4.69) is 45.4 Å². The summed E-state index contributed by atoms with van der Waals surface area (Å²) in [5, 5.41) is 15.2. The van der Waals surface area contributed by atoms with Crippen LogP contribution in [0.2, 0.25) is 0 Å². The maximum atomic E-state index is 4.56. The van der Waals surface area contributed by atoms with Crippen molar-refractivity contribution in [3.05, 3.63) is 46.1 Å². The number of thiophene rings is 1. The number of fused-ring (bicyclic) bond motifs is 3. The van der Waals surface area contributed by atoms with Crippen LogP contribution in [-0.4, -0.2) is 30.2 Å². The molecule has 0 bridgehead atoms. The smallest absolute Gasteiger partial charge is 0.220 e. The van der Waals surface area contributed by atoms with Crippen LogP contribution in [0.4, 0.5) is 0 Å². The van der Waals surface area contributed by atoms with Gasteiger partial charge in [-0.05, 0) is 78.1 Å². The molecule has 6 nitrogen and oxygen atoms in total. The molecule has 0 saturated carbocycles. The van der Waals surface area contributed by atoms with Gasteiger partial charge in [0.1, 0.15) is 16.2 Å². The van der Waals surface area contributed by atoms with Crippen molar-refractivity contribution in [1.82, 2.24) is 30.2 Å². The molecule has 1 aliphatic carbocycles. The highest BCUT2D eigenvalue weighted by molar-refractivity contribution is 7.99. The van der Waals surface area contributed by atoms with Crippen molar-refractivity contribution < 1.29 is 0 Å². The monoisotopic (exact) mass is 380 g/mol. The lowest BCUT2D eigenvalue weighted by Gasteiger charge is -2.09. The van der Waals surface area contributed by atoms with E-state index >= 15 is 0 Å². The maximum absolute atomic E-state index is 4.56. The van der Waals surface area contributed by atoms with Gasteiger partial charge in [0, 0.05) is 10.3 Å². The van der Waals surface area contributed by atoms with E-state index in [0.29, 0.717) is 0 Å². The molecule has 0 atom stereocenters. The summed E-state index contributed by atoms with van der Waals surface area (Å²) in [6, 6.07) is 6.17. The van der Waals surface area contributed by atoms with Crippen molar-refractivity contribution >= 4 is 33.3 Å². The molecular weight excluding hydrogens is 364 g/mol. The van der Waals surface area contributed by atoms with Crippen LogP contribution in [0.25, 0.3) is 15.9 Å². The molecule has 3 heterocycles. The summed E-state index contributed by atoms with van der Waals surface area (Å²) in [6.07, 6.45) is 5.12. The Kier molecular flexibility index (Phi) is 3.75. The summed E-state index contributed by atoms with van der Waals surface area (Å²) in [5.41, 5.74) is 4.80. The first-order valence-electron chi connectivity index (χ1n) is 8.50. The van der Waals surface area contributed by atoms with Crippen molar-refractivity contribution in [3.63, 3.8) is 0 Å². The predicted octanol–water partition coefficient (Wildman–Crippen LogP) is 3.92. The van der Waals surface area contributed by atoms with Crippen molar-refractivity contribution in [1.29, 1.82) is 0 Å². The van der Waals surface area contributed by atoms with E-state index < -0.39 is 0 Å². The first kappa shape index (κ1) is 15.9. The van der Waals surface area contributed by atoms with E-state index in [9.17, 15) is 0 Å². The van der Waals surface area contributed by atoms with E-state index in [1.807, 2.05) is 12.1 Å². The normalized spacial score (nSPS) is 13.5. The number of tetrazole rings is 1. The minimum Gasteiger partial charge on any atom is -0.229 e. The second kappa shape index (κ2) is 6.14. The van der Waals surface area contributed by atoms with Gasteiger partial charge in [-0.15, -0.1) is 16.4 Å². The number of aromatic nitrogens is 6. The molecule has 0 aliphatic heterocycles. The Morgan fingerprint density at radius 3 is 3.00 bits per heavy atom. The van der Waals surface area contributed by atoms with Crippen LogP contribution in [0.1, 0.15) is 28.0 Å². The lowest BCUT2D eigenvalue weighted by Crippen LogP contribution is -2.02. The number of benzene rings is 1. The highest BCUT2D eigenvalue weighted by atomic mass is 32.2. The average molecular weight is 381 g/mol. The van der Waals surface area contributed by atoms with E-state index in [0.717, 1.165) is 33.5 Å². The van der Waals surface area contributed by atoms with Crippen LogP contribution in [0.3, 0.4) is 0 Å². The molecule has 4 aromatic rings. The zero-order chi connectivity index (χ0) is 17.7. The number of rotatable bonds is 3. The van der Waals surface area contributed by atoms with Crippen molar-refractivity contribution in [2.75, 3.05) is 0 Å². The summed E-state index contributed by atoms with van der Waals surface area (Å²) in [7, 11) is 0. The Hall–Kier alpha value is -2.32. The van der Waals surface area contributed by atoms with Gasteiger partial charge < -0.3 is 0 Å². The molecule has 1 aromatic carbocycles. The van der Waals surface area contributed by atoms with Gasteiger partial charge in [-0.3, -0.25) is 0 Å². The molecule has 8 heteroatoms. The molecule has 3 aromatic heterocycles. The number of hydrogen-bond donors (Lipinski definition) is 0. The van der Waals surface area contributed by atoms with Crippen LogP contribution in [0, 0.1) is 13.8 Å². The minimum absolute atomic E-state index is 0.719. The van der Waals surface area contributed by atoms with Crippen LogP contribution in [0.5, 0.6) is 0 Å². The Morgan fingerprint density at radius 2 is 2.08 bits per heavy atom. The van der Waals surface area contributed by atoms with E-state index in [1.54, 1.807) is 22.3 Å². The van der Waals surface area contributed by atoms with Crippen LogP contribution < -0.4 is 0 Å². The molecule has 0 saturated heterocycles. The summed E-state index contributed by atoms with van der Waals surface area (Å²) in [4.78, 5) is 11.6. The molecule has 0 N–H and O–H groups in total. The fourth-order valence-electron chi connectivity index (χ4n) is 3.42. The Bertz CT molecular complexity index is 1130. The standard InChI is InChI=1S/C18H16N6S2/c1-10-5-3-7-13(11(10)2)24-18(21-22-23-24)26-17-15-12-6-4-8-14(12)25-16(15)19-9-20-17/h3,5,7,9H,4,6,8H2,1-2H3. The third kappa shape index (κ3) is 2.44. The predicted molar refractivity (Wildman–Crippen MR) is 102 cm³/mol. The molecular formula is C18H16N6S2. The third-order valence-electron chi connectivity index (χ3n) is 4.90. The zero-order valence-electron chi connectivity index (χ0n) is 14.4. The average Bonchev–Trinajstić information content (AvgIpc) is 3.33. The summed E-state index contributed by atoms with van der Waals surface area (Å²) in [5.74, 6) is 0. The number of aryl methyl sites for hydroxylation is 3. The second-order valence-electron chi connectivity index (χ2n) is 6.41. The zero-order valence-corrected chi connectivity index (χ0v) is 16.1. The highest BCUT2D eigenvalue weighted by Crippen LogP contribution is 2.41. The van der Waals surface area contributed by atoms with Crippen LogP contribution in [0.15, 0.2) is 34.7 Å². The molecule has 0 radical (unpaired) electrons. The molecule has 26 heavy (non-hydrogen) atoms. The van der Waals surface area contributed by atoms with Crippen molar-refractivity contribution in [2.24, 2.45) is 0 Å². The summed E-state index contributed by atoms with van der Waals surface area (Å²) >= 11 is 3.31. The topological polar surface area (TPSA) is 69.4 Å². The van der Waals surface area contributed by atoms with E-state index in [1.165, 1.54) is 45.1 Å². The fraction of sp³-hybridized carbons (Fsp3) is 0.278. The van der Waals surface area contributed by atoms with Gasteiger partial charge in [0.15, 0.2) is 0 Å². The van der Waals surface area contributed by atoms with Crippen LogP contribution in [-0.2, 0) is 12.8 Å². The molecule has 0 amide bonds. The Balaban J connectivity index is 1.61. The maximum Gasteiger partial charge on any atom is 0.220 e. The quantitative estimate of drug-likeness (QED) is 0.502. The van der Waals surface area contributed by atoms with Crippen LogP contribution >= 0.6 is 23.1 Å². The Labute approximate surface area is 158 Å². The van der Waals surface area contributed by atoms with E-state index in [4.69, 9.17) is 0 Å². The third-order valence-corrected chi connectivity index (χ3v) is 7.04. The summed E-state index contributed by atoms with van der Waals surface area (Å²) in [6.45, 7) is 4.19. The van der Waals surface area contributed by atoms with Crippen molar-refractivity contribution in [2.45, 2.75) is 43.3 Å². The largest absolute Gasteiger partial charge is 0.229 e. The van der Waals surface area contributed by atoms with Crippen molar-refractivity contribution in [3.8, 4) is 5.69 Å². The van der Waals surface area contributed by atoms with Gasteiger partial charge in [0.25, 0.3) is 0 Å². The minimum atomic E-state index is 0.719. The SMILES string of the molecule is Cc1cccc(-n2nnnc2Sc2ncnc3sc4c(c23)CCC4)c1C. The lowest BCUT2D eigenvalue weighted by molar-refractivity contribution is 0.750. The fourth-order valence-corrected chi connectivity index (χ4v) is 5.61. The molecule has 130 valence electrons. The number of hydrogen-bond acceptors (Lipinski definition) is 7. The van der Waals surface area contributed by atoms with Gasteiger partial charge in [-0.2, -0.15) is 4.68 Å². The molecule has 0 unspecified atom stereocenters. The van der Waals surface area contributed by atoms with Gasteiger partial charge >= 0.3 is 0 Å². The first-order valence-corrected chi connectivity index (χ1v) is 10.1.